The first-order chi connectivity index (χ1) is 65.9. The van der Waals surface area contributed by atoms with E-state index in [9.17, 15) is 92.2 Å². The number of aliphatic imine (C=N–C) groups is 1. The number of fused-ring (bicyclic) bond motifs is 5. The first-order valence-electron chi connectivity index (χ1n) is 45.8. The lowest BCUT2D eigenvalue weighted by molar-refractivity contribution is -0.141. The van der Waals surface area contributed by atoms with Crippen LogP contribution in [0, 0.1) is 5.92 Å². The number of primary amides is 1. The lowest BCUT2D eigenvalue weighted by atomic mass is 9.94. The number of benzene rings is 1. The number of carbonyl (C=O) groups is 16. The summed E-state index contributed by atoms with van der Waals surface area (Å²) in [7, 11) is 1.82. The van der Waals surface area contributed by atoms with Gasteiger partial charge in [0.1, 0.15) is 62.1 Å². The van der Waals surface area contributed by atoms with Crippen LogP contribution in [0.4, 0.5) is 0 Å². The highest BCUT2D eigenvalue weighted by Gasteiger charge is 2.36. The van der Waals surface area contributed by atoms with Crippen LogP contribution in [0.2, 0.25) is 0 Å². The molecule has 15 amide bonds. The summed E-state index contributed by atoms with van der Waals surface area (Å²) in [6.07, 6.45) is 1.63. The molecule has 7 atom stereocenters. The van der Waals surface area contributed by atoms with Gasteiger partial charge >= 0.3 is 5.97 Å². The number of nitrogens with one attached hydrogen (secondary N) is 16. The zero-order valence-corrected chi connectivity index (χ0v) is 82.8. The molecule has 782 valence electrons. The van der Waals surface area contributed by atoms with Gasteiger partial charge in [0.25, 0.3) is 0 Å². The quantitative estimate of drug-likeness (QED) is 0.00728. The van der Waals surface area contributed by atoms with Crippen LogP contribution < -0.4 is 102 Å². The smallest absolute Gasteiger partial charge is 0.305 e. The maximum absolute atomic E-state index is 14.7. The average Bonchev–Trinajstić information content (AvgIpc) is 1.15. The second-order valence-corrected chi connectivity index (χ2v) is 36.2. The van der Waals surface area contributed by atoms with Crippen molar-refractivity contribution in [3.05, 3.63) is 35.9 Å². The SMILES string of the molecule is CC(=O)NCCOCCOCCOCCNC(=O)COCC(N)=O.CCOCC(=O)NCCOCCOCCOCCNC(=O)[C@@H]1CSCC(=O)N[C@@H](CCCCNC(=O)CCCC(=O)NCCC(CCNC(C)(C)/C(C)=N\O)CCNC(C)(C)/C(C)=N\O)C(=O)N[C@H]2CSSC[C@H](NC(=O)[C@H](CC(=O)O)NC(=O)CNC(=O)[C@H](CCCN=C(N)N)NC2=O)C(=O)N[C@@H](Cc2ccccc2)C(=O)N1. The van der Waals surface area contributed by atoms with Gasteiger partial charge in [-0.05, 0) is 131 Å². The van der Waals surface area contributed by atoms with E-state index in [1.54, 1.807) is 51.1 Å². The summed E-state index contributed by atoms with van der Waals surface area (Å²) in [6, 6.07) is -2.25. The number of hydrogen-bond donors (Lipinski definition) is 22. The number of carboxylic acid groups (broad SMARTS) is 1. The first-order valence-corrected chi connectivity index (χ1v) is 49.4. The molecule has 2 heterocycles. The molecule has 0 aromatic heterocycles. The Hall–Kier alpha value is -10.4. The number of carboxylic acids is 1. The van der Waals surface area contributed by atoms with E-state index in [0.717, 1.165) is 46.2 Å². The molecule has 0 aliphatic carbocycles. The van der Waals surface area contributed by atoms with Gasteiger partial charge in [-0.15, -0.1) is 11.8 Å². The molecule has 0 saturated carbocycles. The molecule has 49 nitrogen and oxygen atoms in total. The molecule has 2 bridgehead atoms. The number of ether oxygens (including phenoxy) is 8. The standard InChI is InChI=1S/C72H121N19O20S3.C14H27N3O7/c1-8-108-41-60(95)77-30-32-109-34-36-111-37-35-110-33-31-78-64(100)54-42-112-45-61(96)83-51(18-12-13-25-75-57(92)20-14-21-58(93)76-27-22-48(23-28-81-71(4,5)46(2)90-106)24-29-82-72(6,7)47(3)91-107)65(101)88-55-43-113-114-44-56(69(105)86-52(66(102)87-54)38-49-16-10-9-11-17-49)89-67(103)53(39-62(97)98)84-59(94)40-80-63(99)50(85-68(55)104)19-15-26-79-70(73)74;1-12(18)16-2-4-21-6-8-23-9-7-22-5-3-17-14(20)11-24-10-13(15)19/h9-11,16-17,48,50-56,81-82,106-107H,8,12-15,18-45H2,1-7H3,(H,75,92)(H,76,93)(H,77,95)(H,78,100)(H,80,99)(H,83,96)(H,84,94)(H,85,104)(H,86,105)(H,87,102)(H,88,101)(H,89,103)(H,97,98)(H4,73,74,79);2-11H2,1H3,(H2,15,19)(H,16,18)(H,17,20)/b90-46-,91-47-;/t50-,51-,52-,53-,54-,55-,56-;/m0./s1. The third kappa shape index (κ3) is 61.1. The fraction of sp³-hybridized carbons (Fsp3) is 0.709. The van der Waals surface area contributed by atoms with Gasteiger partial charge in [-0.3, -0.25) is 81.7 Å². The highest BCUT2D eigenvalue weighted by Crippen LogP contribution is 2.25. The first kappa shape index (κ1) is 124. The number of aliphatic carboxylic acids is 1. The second-order valence-electron chi connectivity index (χ2n) is 32.6. The summed E-state index contributed by atoms with van der Waals surface area (Å²) in [5.74, 6) is -13.1. The molecule has 138 heavy (non-hydrogen) atoms. The minimum absolute atomic E-state index is 0.00686. The predicted octanol–water partition coefficient (Wildman–Crippen LogP) is -4.69. The fourth-order valence-corrected chi connectivity index (χ4v) is 15.5. The van der Waals surface area contributed by atoms with Gasteiger partial charge in [-0.25, -0.2) is 0 Å². The van der Waals surface area contributed by atoms with Crippen LogP contribution >= 0.6 is 33.3 Å². The van der Waals surface area contributed by atoms with E-state index in [1.165, 1.54) is 6.92 Å². The highest BCUT2D eigenvalue weighted by molar-refractivity contribution is 8.76. The molecular weight excluding hydrogens is 1870 g/mol. The number of hydrogen-bond acceptors (Lipinski definition) is 34. The highest BCUT2D eigenvalue weighted by atomic mass is 33.1. The van der Waals surface area contributed by atoms with Crippen LogP contribution in [0.15, 0.2) is 45.6 Å². The second kappa shape index (κ2) is 74.6. The molecule has 1 aromatic carbocycles. The largest absolute Gasteiger partial charge is 0.481 e. The molecule has 52 heteroatoms. The molecule has 2 aliphatic heterocycles. The van der Waals surface area contributed by atoms with Crippen LogP contribution in [0.1, 0.15) is 138 Å². The molecule has 2 aliphatic rings. The number of rotatable bonds is 62. The van der Waals surface area contributed by atoms with E-state index < -0.39 is 137 Å². The lowest BCUT2D eigenvalue weighted by Gasteiger charge is -2.28. The molecule has 0 spiro atoms. The van der Waals surface area contributed by atoms with E-state index in [2.05, 4.69) is 100 Å². The number of guanidine groups is 1. The summed E-state index contributed by atoms with van der Waals surface area (Å²) in [5, 5.41) is 79.2. The van der Waals surface area contributed by atoms with Crippen LogP contribution in [0.3, 0.4) is 0 Å². The van der Waals surface area contributed by atoms with E-state index in [0.29, 0.717) is 102 Å². The summed E-state index contributed by atoms with van der Waals surface area (Å²) >= 11 is 0.896. The van der Waals surface area contributed by atoms with E-state index in [4.69, 9.17) is 55.1 Å². The van der Waals surface area contributed by atoms with Gasteiger partial charge in [0, 0.05) is 95.9 Å². The van der Waals surface area contributed by atoms with Crippen LogP contribution in [0.5, 0.6) is 0 Å². The Labute approximate surface area is 817 Å². The van der Waals surface area contributed by atoms with Crippen LogP contribution in [-0.4, -0.2) is 375 Å². The number of carbonyl (C=O) groups excluding carboxylic acids is 15. The van der Waals surface area contributed by atoms with E-state index in [-0.39, 0.29) is 202 Å². The van der Waals surface area contributed by atoms with E-state index >= 15 is 0 Å². The lowest BCUT2D eigenvalue weighted by Crippen LogP contribution is -2.60. The number of thioether (sulfide) groups is 1. The van der Waals surface area contributed by atoms with Gasteiger partial charge in [-0.1, -0.05) is 62.2 Å². The molecule has 2 saturated heterocycles. The number of nitrogens with zero attached hydrogens (tertiary/aromatic N) is 3. The number of nitrogens with two attached hydrogens (primary N) is 3. The summed E-state index contributed by atoms with van der Waals surface area (Å²) in [4.78, 5) is 215. The van der Waals surface area contributed by atoms with Crippen molar-refractivity contribution in [2.75, 3.05) is 194 Å². The van der Waals surface area contributed by atoms with Crippen molar-refractivity contribution in [2.45, 2.75) is 192 Å². The molecule has 2 fully saturated rings. The normalized spacial score (nSPS) is 18.2. The minimum Gasteiger partial charge on any atom is -0.481 e. The molecule has 0 radical (unpaired) electrons. The Morgan fingerprint density at radius 1 is 0.471 bits per heavy atom. The molecular formula is C86H148N22O27S3. The van der Waals surface area contributed by atoms with Crippen molar-refractivity contribution < 1.29 is 130 Å². The van der Waals surface area contributed by atoms with Crippen LogP contribution in [-0.2, 0) is 121 Å². The van der Waals surface area contributed by atoms with Gasteiger partial charge in [0.2, 0.25) is 88.6 Å². The Balaban J connectivity index is 0.00000233. The van der Waals surface area contributed by atoms with Crippen molar-refractivity contribution in [1.82, 2.24) is 85.1 Å². The monoisotopic (exact) mass is 2020 g/mol. The Morgan fingerprint density at radius 3 is 1.43 bits per heavy atom. The molecule has 1 aromatic rings. The predicted molar refractivity (Wildman–Crippen MR) is 515 cm³/mol. The molecule has 25 N–H and O–H groups in total. The van der Waals surface area contributed by atoms with Crippen molar-refractivity contribution >= 4 is 145 Å². The zero-order valence-electron chi connectivity index (χ0n) is 80.3. The fourth-order valence-electron chi connectivity index (χ4n) is 12.3. The molecule has 3 rings (SSSR count). The average molecular weight is 2020 g/mol. The van der Waals surface area contributed by atoms with Gasteiger partial charge in [0.15, 0.2) is 5.96 Å². The van der Waals surface area contributed by atoms with Crippen molar-refractivity contribution in [2.24, 2.45) is 38.4 Å². The Kier molecular flexibility index (Phi) is 66.9. The maximum atomic E-state index is 14.7. The van der Waals surface area contributed by atoms with E-state index in [1.807, 2.05) is 27.7 Å². The third-order valence-electron chi connectivity index (χ3n) is 20.5. The topological polar surface area (TPSA) is 715 Å². The minimum atomic E-state index is -1.84. The van der Waals surface area contributed by atoms with Crippen molar-refractivity contribution in [1.29, 1.82) is 0 Å². The number of oxime groups is 2. The maximum Gasteiger partial charge on any atom is 0.305 e. The molecule has 0 unspecified atom stereocenters. The van der Waals surface area contributed by atoms with Crippen molar-refractivity contribution in [3.63, 3.8) is 0 Å². The Morgan fingerprint density at radius 2 is 0.928 bits per heavy atom. The third-order valence-corrected chi connectivity index (χ3v) is 24.0. The Bertz CT molecular complexity index is 3920. The summed E-state index contributed by atoms with van der Waals surface area (Å²) in [5.41, 5.74) is 16.4. The van der Waals surface area contributed by atoms with Crippen molar-refractivity contribution in [3.8, 4) is 0 Å². The van der Waals surface area contributed by atoms with Gasteiger partial charge in [0.05, 0.1) is 121 Å². The number of amides is 15. The summed E-state index contributed by atoms with van der Waals surface area (Å²) < 4.78 is 42.3. The number of unbranched alkanes of at least 4 members (excludes halogenated alkanes) is 1. The summed E-state index contributed by atoms with van der Waals surface area (Å²) in [6.45, 7) is 19.6. The zero-order chi connectivity index (χ0) is 102. The van der Waals surface area contributed by atoms with Crippen LogP contribution in [0.25, 0.3) is 0 Å². The van der Waals surface area contributed by atoms with Gasteiger partial charge in [-0.2, -0.15) is 0 Å². The van der Waals surface area contributed by atoms with Gasteiger partial charge < -0.3 is 156 Å².